The van der Waals surface area contributed by atoms with Gasteiger partial charge in [-0.05, 0) is 37.5 Å². The number of methoxy groups -OCH3 is 1. The molecule has 19 heavy (non-hydrogen) atoms. The third-order valence-corrected chi connectivity index (χ3v) is 4.13. The molecule has 1 saturated heterocycles. The second-order valence-corrected chi connectivity index (χ2v) is 6.00. The Kier molecular flexibility index (Phi) is 9.43. The average Bonchev–Trinajstić information content (AvgIpc) is 2.43. The standard InChI is InChI=1S/C15H32N2O2/c1-13(12-18-2)11-15(17-16)6-4-3-5-14-7-9-19-10-8-14/h13-15,17H,3-12,16H2,1-2H3. The molecule has 1 aliphatic rings. The smallest absolute Gasteiger partial charge is 0.0488 e. The predicted molar refractivity (Wildman–Crippen MR) is 78.8 cm³/mol. The highest BCUT2D eigenvalue weighted by Crippen LogP contribution is 2.22. The van der Waals surface area contributed by atoms with Crippen LogP contribution in [0.1, 0.15) is 51.9 Å². The van der Waals surface area contributed by atoms with E-state index in [1.54, 1.807) is 7.11 Å². The molecule has 0 aliphatic carbocycles. The molecule has 2 atom stereocenters. The van der Waals surface area contributed by atoms with E-state index in [4.69, 9.17) is 15.3 Å². The summed E-state index contributed by atoms with van der Waals surface area (Å²) >= 11 is 0. The number of unbranched alkanes of at least 4 members (excludes halogenated alkanes) is 1. The molecule has 4 heteroatoms. The van der Waals surface area contributed by atoms with Gasteiger partial charge in [-0.15, -0.1) is 0 Å². The minimum absolute atomic E-state index is 0.430. The quantitative estimate of drug-likeness (QED) is 0.364. The maximum Gasteiger partial charge on any atom is 0.0488 e. The Morgan fingerprint density at radius 3 is 2.68 bits per heavy atom. The SMILES string of the molecule is COCC(C)CC(CCCCC1CCOCC1)NN. The van der Waals surface area contributed by atoms with Crippen molar-refractivity contribution in [2.75, 3.05) is 26.9 Å². The van der Waals surface area contributed by atoms with Crippen LogP contribution in [0.5, 0.6) is 0 Å². The van der Waals surface area contributed by atoms with Crippen LogP contribution in [0.3, 0.4) is 0 Å². The summed E-state index contributed by atoms with van der Waals surface area (Å²) in [5.74, 6) is 7.10. The second kappa shape index (κ2) is 10.6. The third-order valence-electron chi connectivity index (χ3n) is 4.13. The normalized spacial score (nSPS) is 20.4. The maximum atomic E-state index is 5.63. The summed E-state index contributed by atoms with van der Waals surface area (Å²) in [4.78, 5) is 0. The molecule has 0 aromatic heterocycles. The predicted octanol–water partition coefficient (Wildman–Crippen LogP) is 2.48. The lowest BCUT2D eigenvalue weighted by Gasteiger charge is -2.23. The van der Waals surface area contributed by atoms with Gasteiger partial charge in [0.1, 0.15) is 0 Å². The zero-order chi connectivity index (χ0) is 13.9. The number of hydrogen-bond acceptors (Lipinski definition) is 4. The fraction of sp³-hybridized carbons (Fsp3) is 1.00. The van der Waals surface area contributed by atoms with Crippen LogP contribution in [0.4, 0.5) is 0 Å². The van der Waals surface area contributed by atoms with Gasteiger partial charge in [0.25, 0.3) is 0 Å². The Morgan fingerprint density at radius 2 is 2.05 bits per heavy atom. The van der Waals surface area contributed by atoms with Gasteiger partial charge in [-0.1, -0.05) is 26.2 Å². The van der Waals surface area contributed by atoms with Gasteiger partial charge in [0.15, 0.2) is 0 Å². The molecule has 3 N–H and O–H groups in total. The molecule has 1 heterocycles. The highest BCUT2D eigenvalue weighted by molar-refractivity contribution is 4.69. The number of ether oxygens (including phenoxy) is 2. The molecule has 1 aliphatic heterocycles. The Balaban J connectivity index is 2.04. The molecular formula is C15H32N2O2. The van der Waals surface area contributed by atoms with Gasteiger partial charge < -0.3 is 9.47 Å². The van der Waals surface area contributed by atoms with E-state index in [-0.39, 0.29) is 0 Å². The molecule has 0 radical (unpaired) electrons. The summed E-state index contributed by atoms with van der Waals surface area (Å²) in [5, 5.41) is 0. The summed E-state index contributed by atoms with van der Waals surface area (Å²) in [6.45, 7) is 4.97. The lowest BCUT2D eigenvalue weighted by atomic mass is 9.92. The van der Waals surface area contributed by atoms with Crippen molar-refractivity contribution < 1.29 is 9.47 Å². The van der Waals surface area contributed by atoms with E-state index in [9.17, 15) is 0 Å². The van der Waals surface area contributed by atoms with Crippen molar-refractivity contribution in [3.63, 3.8) is 0 Å². The summed E-state index contributed by atoms with van der Waals surface area (Å²) in [7, 11) is 1.76. The third kappa shape index (κ3) is 7.88. The van der Waals surface area contributed by atoms with Gasteiger partial charge in [0, 0.05) is 33.0 Å². The van der Waals surface area contributed by atoms with Crippen molar-refractivity contribution >= 4 is 0 Å². The molecule has 114 valence electrons. The van der Waals surface area contributed by atoms with Gasteiger partial charge in [0.2, 0.25) is 0 Å². The topological polar surface area (TPSA) is 56.5 Å². The fourth-order valence-electron chi connectivity index (χ4n) is 2.97. The Morgan fingerprint density at radius 1 is 1.32 bits per heavy atom. The van der Waals surface area contributed by atoms with E-state index in [0.717, 1.165) is 32.2 Å². The van der Waals surface area contributed by atoms with E-state index in [0.29, 0.717) is 12.0 Å². The zero-order valence-electron chi connectivity index (χ0n) is 12.7. The van der Waals surface area contributed by atoms with Gasteiger partial charge in [0.05, 0.1) is 0 Å². The molecule has 0 aromatic rings. The van der Waals surface area contributed by atoms with Gasteiger partial charge >= 0.3 is 0 Å². The molecule has 0 amide bonds. The largest absolute Gasteiger partial charge is 0.384 e. The number of nitrogens with two attached hydrogens (primary N) is 1. The van der Waals surface area contributed by atoms with E-state index in [1.165, 1.54) is 38.5 Å². The molecule has 0 spiro atoms. The van der Waals surface area contributed by atoms with Crippen molar-refractivity contribution in [2.45, 2.75) is 57.9 Å². The number of nitrogens with one attached hydrogen (secondary N) is 1. The second-order valence-electron chi connectivity index (χ2n) is 6.00. The number of hydrogen-bond donors (Lipinski definition) is 2. The molecule has 0 saturated carbocycles. The zero-order valence-corrected chi connectivity index (χ0v) is 12.7. The van der Waals surface area contributed by atoms with Crippen LogP contribution >= 0.6 is 0 Å². The van der Waals surface area contributed by atoms with Crippen molar-refractivity contribution in [2.24, 2.45) is 17.7 Å². The Bertz CT molecular complexity index is 208. The Labute approximate surface area is 118 Å². The molecule has 1 rings (SSSR count). The molecular weight excluding hydrogens is 240 g/mol. The lowest BCUT2D eigenvalue weighted by Crippen LogP contribution is -2.36. The van der Waals surface area contributed by atoms with Crippen LogP contribution in [0.25, 0.3) is 0 Å². The van der Waals surface area contributed by atoms with Crippen LogP contribution in [0.15, 0.2) is 0 Å². The first kappa shape index (κ1) is 16.9. The molecule has 0 bridgehead atoms. The van der Waals surface area contributed by atoms with E-state index < -0.39 is 0 Å². The van der Waals surface area contributed by atoms with Crippen LogP contribution in [0, 0.1) is 11.8 Å². The van der Waals surface area contributed by atoms with Crippen molar-refractivity contribution in [1.29, 1.82) is 0 Å². The maximum absolute atomic E-state index is 5.63. The first-order chi connectivity index (χ1) is 9.26. The van der Waals surface area contributed by atoms with Crippen LogP contribution in [0.2, 0.25) is 0 Å². The van der Waals surface area contributed by atoms with Crippen LogP contribution in [-0.2, 0) is 9.47 Å². The fourth-order valence-corrected chi connectivity index (χ4v) is 2.97. The van der Waals surface area contributed by atoms with Crippen molar-refractivity contribution in [3.05, 3.63) is 0 Å². The molecule has 2 unspecified atom stereocenters. The van der Waals surface area contributed by atoms with E-state index in [1.807, 2.05) is 0 Å². The van der Waals surface area contributed by atoms with Gasteiger partial charge in [-0.3, -0.25) is 11.3 Å². The van der Waals surface area contributed by atoms with Crippen molar-refractivity contribution in [1.82, 2.24) is 5.43 Å². The molecule has 4 nitrogen and oxygen atoms in total. The average molecular weight is 272 g/mol. The lowest BCUT2D eigenvalue weighted by molar-refractivity contribution is 0.0630. The Hall–Kier alpha value is -0.160. The monoisotopic (exact) mass is 272 g/mol. The highest BCUT2D eigenvalue weighted by atomic mass is 16.5. The molecule has 1 fully saturated rings. The number of rotatable bonds is 10. The minimum Gasteiger partial charge on any atom is -0.384 e. The van der Waals surface area contributed by atoms with Gasteiger partial charge in [-0.2, -0.15) is 0 Å². The van der Waals surface area contributed by atoms with Crippen molar-refractivity contribution in [3.8, 4) is 0 Å². The first-order valence-electron chi connectivity index (χ1n) is 7.79. The molecule has 0 aromatic carbocycles. The number of hydrazine groups is 1. The van der Waals surface area contributed by atoms with E-state index in [2.05, 4.69) is 12.3 Å². The van der Waals surface area contributed by atoms with Crippen LogP contribution < -0.4 is 11.3 Å². The highest BCUT2D eigenvalue weighted by Gasteiger charge is 2.14. The van der Waals surface area contributed by atoms with Gasteiger partial charge in [-0.25, -0.2) is 0 Å². The van der Waals surface area contributed by atoms with Crippen LogP contribution in [-0.4, -0.2) is 33.0 Å². The minimum atomic E-state index is 0.430. The summed E-state index contributed by atoms with van der Waals surface area (Å²) in [6, 6.07) is 0.430. The summed E-state index contributed by atoms with van der Waals surface area (Å²) in [6.07, 6.45) is 8.73. The first-order valence-corrected chi connectivity index (χ1v) is 7.79. The summed E-state index contributed by atoms with van der Waals surface area (Å²) in [5.41, 5.74) is 2.95. The summed E-state index contributed by atoms with van der Waals surface area (Å²) < 4.78 is 10.6. The van der Waals surface area contributed by atoms with E-state index >= 15 is 0 Å².